The van der Waals surface area contributed by atoms with E-state index in [2.05, 4.69) is 10.6 Å². The molecular formula is C24H24N2O5. The zero-order valence-corrected chi connectivity index (χ0v) is 17.4. The molecule has 0 saturated heterocycles. The van der Waals surface area contributed by atoms with Crippen LogP contribution in [0.1, 0.15) is 17.3 Å². The molecule has 0 bridgehead atoms. The molecule has 2 amide bonds. The van der Waals surface area contributed by atoms with Gasteiger partial charge in [0.25, 0.3) is 11.8 Å². The van der Waals surface area contributed by atoms with Crippen LogP contribution in [0.2, 0.25) is 0 Å². The normalized spacial score (nSPS) is 10.1. The van der Waals surface area contributed by atoms with Crippen LogP contribution in [-0.2, 0) is 4.79 Å². The van der Waals surface area contributed by atoms with Crippen LogP contribution in [0.15, 0.2) is 72.8 Å². The Hall–Kier alpha value is -4.00. The van der Waals surface area contributed by atoms with Gasteiger partial charge in [-0.1, -0.05) is 24.3 Å². The highest BCUT2D eigenvalue weighted by atomic mass is 16.5. The van der Waals surface area contributed by atoms with Crippen molar-refractivity contribution in [3.63, 3.8) is 0 Å². The maximum absolute atomic E-state index is 12.7. The average molecular weight is 420 g/mol. The molecular weight excluding hydrogens is 396 g/mol. The molecule has 7 nitrogen and oxygen atoms in total. The summed E-state index contributed by atoms with van der Waals surface area (Å²) in [5.74, 6) is 0.980. The number of methoxy groups -OCH3 is 1. The molecule has 0 aliphatic carbocycles. The van der Waals surface area contributed by atoms with E-state index >= 15 is 0 Å². The molecule has 0 unspecified atom stereocenters. The highest BCUT2D eigenvalue weighted by Crippen LogP contribution is 2.26. The van der Waals surface area contributed by atoms with Gasteiger partial charge in [-0.25, -0.2) is 0 Å². The predicted molar refractivity (Wildman–Crippen MR) is 119 cm³/mol. The lowest BCUT2D eigenvalue weighted by Crippen LogP contribution is -2.23. The summed E-state index contributed by atoms with van der Waals surface area (Å²) in [5.41, 5.74) is 1.34. The second-order valence-corrected chi connectivity index (χ2v) is 6.44. The molecule has 3 aromatic rings. The van der Waals surface area contributed by atoms with Crippen molar-refractivity contribution < 1.29 is 23.8 Å². The van der Waals surface area contributed by atoms with Gasteiger partial charge in [0.05, 0.1) is 25.0 Å². The number of benzene rings is 3. The summed E-state index contributed by atoms with van der Waals surface area (Å²) in [6.07, 6.45) is 0. The second-order valence-electron chi connectivity index (χ2n) is 6.44. The fourth-order valence-electron chi connectivity index (χ4n) is 2.86. The van der Waals surface area contributed by atoms with Gasteiger partial charge in [-0.2, -0.15) is 0 Å². The molecule has 0 aliphatic heterocycles. The van der Waals surface area contributed by atoms with Crippen molar-refractivity contribution in [2.75, 3.05) is 31.0 Å². The summed E-state index contributed by atoms with van der Waals surface area (Å²) >= 11 is 0. The third-order valence-corrected chi connectivity index (χ3v) is 4.30. The van der Waals surface area contributed by atoms with Crippen molar-refractivity contribution >= 4 is 23.2 Å². The number of anilines is 2. The third kappa shape index (κ3) is 5.99. The van der Waals surface area contributed by atoms with Crippen LogP contribution in [0.5, 0.6) is 17.2 Å². The number of amides is 2. The molecule has 0 heterocycles. The Morgan fingerprint density at radius 2 is 1.48 bits per heavy atom. The average Bonchev–Trinajstić information content (AvgIpc) is 2.79. The van der Waals surface area contributed by atoms with E-state index in [0.717, 1.165) is 5.75 Å². The fraction of sp³-hybridized carbons (Fsp3) is 0.167. The fourth-order valence-corrected chi connectivity index (χ4v) is 2.86. The Balaban J connectivity index is 1.64. The van der Waals surface area contributed by atoms with Gasteiger partial charge < -0.3 is 24.8 Å². The molecule has 0 atom stereocenters. The molecule has 3 aromatic carbocycles. The van der Waals surface area contributed by atoms with Crippen molar-refractivity contribution in [1.82, 2.24) is 0 Å². The van der Waals surface area contributed by atoms with Crippen molar-refractivity contribution in [2.45, 2.75) is 6.92 Å². The molecule has 0 radical (unpaired) electrons. The molecule has 0 saturated carbocycles. The third-order valence-electron chi connectivity index (χ3n) is 4.30. The van der Waals surface area contributed by atoms with E-state index in [-0.39, 0.29) is 12.5 Å². The molecule has 0 aliphatic rings. The quantitative estimate of drug-likeness (QED) is 0.537. The van der Waals surface area contributed by atoms with E-state index in [4.69, 9.17) is 14.2 Å². The largest absolute Gasteiger partial charge is 0.494 e. The van der Waals surface area contributed by atoms with E-state index in [9.17, 15) is 9.59 Å². The highest BCUT2D eigenvalue weighted by Gasteiger charge is 2.14. The van der Waals surface area contributed by atoms with Crippen LogP contribution in [0.25, 0.3) is 0 Å². The van der Waals surface area contributed by atoms with Crippen LogP contribution in [-0.4, -0.2) is 32.1 Å². The van der Waals surface area contributed by atoms with E-state index < -0.39 is 5.91 Å². The Morgan fingerprint density at radius 3 is 2.19 bits per heavy atom. The Labute approximate surface area is 180 Å². The second kappa shape index (κ2) is 10.7. The highest BCUT2D eigenvalue weighted by molar-refractivity contribution is 6.10. The van der Waals surface area contributed by atoms with E-state index in [0.29, 0.717) is 35.0 Å². The van der Waals surface area contributed by atoms with Gasteiger partial charge in [-0.05, 0) is 55.5 Å². The summed E-state index contributed by atoms with van der Waals surface area (Å²) in [5, 5.41) is 5.55. The molecule has 2 N–H and O–H groups in total. The van der Waals surface area contributed by atoms with Crippen LogP contribution in [0.4, 0.5) is 11.4 Å². The number of carbonyl (C=O) groups is 2. The van der Waals surface area contributed by atoms with Gasteiger partial charge >= 0.3 is 0 Å². The maximum atomic E-state index is 12.7. The van der Waals surface area contributed by atoms with Gasteiger partial charge in [0, 0.05) is 5.69 Å². The lowest BCUT2D eigenvalue weighted by molar-refractivity contribution is -0.118. The topological polar surface area (TPSA) is 85.9 Å². The summed E-state index contributed by atoms with van der Waals surface area (Å²) < 4.78 is 16.1. The smallest absolute Gasteiger partial charge is 0.262 e. The van der Waals surface area contributed by atoms with Crippen molar-refractivity contribution in [3.05, 3.63) is 78.4 Å². The van der Waals surface area contributed by atoms with Gasteiger partial charge in [-0.3, -0.25) is 9.59 Å². The van der Waals surface area contributed by atoms with Crippen LogP contribution < -0.4 is 24.8 Å². The molecule has 0 fully saturated rings. The SMILES string of the molecule is CCOc1ccc(NC(=O)c2ccccc2NC(=O)COc2ccccc2OC)cc1. The molecule has 31 heavy (non-hydrogen) atoms. The molecule has 0 spiro atoms. The lowest BCUT2D eigenvalue weighted by Gasteiger charge is -2.13. The number of hydrogen-bond donors (Lipinski definition) is 2. The Morgan fingerprint density at radius 1 is 0.806 bits per heavy atom. The minimum Gasteiger partial charge on any atom is -0.494 e. The first-order valence-electron chi connectivity index (χ1n) is 9.79. The number of rotatable bonds is 9. The zero-order chi connectivity index (χ0) is 22.1. The van der Waals surface area contributed by atoms with Gasteiger partial charge in [0.2, 0.25) is 0 Å². The summed E-state index contributed by atoms with van der Waals surface area (Å²) in [7, 11) is 1.53. The monoisotopic (exact) mass is 420 g/mol. The number of hydrogen-bond acceptors (Lipinski definition) is 5. The van der Waals surface area contributed by atoms with Gasteiger partial charge in [0.1, 0.15) is 5.75 Å². The Kier molecular flexibility index (Phi) is 7.48. The summed E-state index contributed by atoms with van der Waals surface area (Å²) in [6, 6.07) is 20.9. The minimum absolute atomic E-state index is 0.227. The lowest BCUT2D eigenvalue weighted by atomic mass is 10.1. The Bertz CT molecular complexity index is 1030. The molecule has 3 rings (SSSR count). The van der Waals surface area contributed by atoms with Crippen molar-refractivity contribution in [2.24, 2.45) is 0 Å². The van der Waals surface area contributed by atoms with Crippen LogP contribution in [0.3, 0.4) is 0 Å². The van der Waals surface area contributed by atoms with Gasteiger partial charge in [0.15, 0.2) is 18.1 Å². The van der Waals surface area contributed by atoms with E-state index in [1.54, 1.807) is 66.7 Å². The van der Waals surface area contributed by atoms with Crippen molar-refractivity contribution in [3.8, 4) is 17.2 Å². The van der Waals surface area contributed by atoms with Gasteiger partial charge in [-0.15, -0.1) is 0 Å². The maximum Gasteiger partial charge on any atom is 0.262 e. The summed E-state index contributed by atoms with van der Waals surface area (Å²) in [4.78, 5) is 25.1. The zero-order valence-electron chi connectivity index (χ0n) is 17.4. The van der Waals surface area contributed by atoms with Crippen LogP contribution >= 0.6 is 0 Å². The standard InChI is InChI=1S/C24H24N2O5/c1-3-30-18-14-12-17(13-15-18)25-24(28)19-8-4-5-9-20(19)26-23(27)16-31-22-11-7-6-10-21(22)29-2/h4-15H,3,16H2,1-2H3,(H,25,28)(H,26,27). The van der Waals surface area contributed by atoms with Crippen molar-refractivity contribution in [1.29, 1.82) is 0 Å². The number of nitrogens with one attached hydrogen (secondary N) is 2. The van der Waals surface area contributed by atoms with E-state index in [1.807, 2.05) is 13.0 Å². The summed E-state index contributed by atoms with van der Waals surface area (Å²) in [6.45, 7) is 2.25. The number of carbonyl (C=O) groups excluding carboxylic acids is 2. The first kappa shape index (κ1) is 21.7. The number of ether oxygens (including phenoxy) is 3. The minimum atomic E-state index is -0.396. The first-order chi connectivity index (χ1) is 15.1. The van der Waals surface area contributed by atoms with Crippen LogP contribution in [0, 0.1) is 0 Å². The molecule has 7 heteroatoms. The van der Waals surface area contributed by atoms with E-state index in [1.165, 1.54) is 7.11 Å². The number of para-hydroxylation sites is 3. The first-order valence-corrected chi connectivity index (χ1v) is 9.79. The molecule has 0 aromatic heterocycles. The molecule has 160 valence electrons. The predicted octanol–water partition coefficient (Wildman–Crippen LogP) is 4.36.